The third-order valence-corrected chi connectivity index (χ3v) is 15.3. The van der Waals surface area contributed by atoms with Crippen LogP contribution in [0.2, 0.25) is 0 Å². The van der Waals surface area contributed by atoms with Gasteiger partial charge in [-0.2, -0.15) is 0 Å². The molecular formula is C70H69N19O13. The highest BCUT2D eigenvalue weighted by molar-refractivity contribution is 5.85. The van der Waals surface area contributed by atoms with Crippen LogP contribution in [0.25, 0.3) is 33.8 Å². The fourth-order valence-electron chi connectivity index (χ4n) is 10.5. The predicted molar refractivity (Wildman–Crippen MR) is 355 cm³/mol. The van der Waals surface area contributed by atoms with E-state index in [1.165, 1.54) is 6.20 Å². The van der Waals surface area contributed by atoms with Crippen LogP contribution in [0.3, 0.4) is 0 Å². The van der Waals surface area contributed by atoms with Crippen molar-refractivity contribution >= 4 is 88.6 Å². The van der Waals surface area contributed by atoms with E-state index >= 15 is 0 Å². The molecule has 3 aromatic carbocycles. The molecule has 0 radical (unpaired) electrons. The summed E-state index contributed by atoms with van der Waals surface area (Å²) in [4.78, 5) is 88.0. The van der Waals surface area contributed by atoms with Crippen molar-refractivity contribution in [2.24, 2.45) is 111 Å². The van der Waals surface area contributed by atoms with Gasteiger partial charge in [-0.1, -0.05) is 41.6 Å². The Morgan fingerprint density at radius 3 is 1.16 bits per heavy atom. The standard InChI is InChI=1S/C24H24N6O4.C23H23N7O4.C23H22N6O5/c1-30-11-3-2-4-20(30)17-10-8-16(28-24(27)29-23(25)26)13-15(17)7-5-14-6-9-18(21(31)32)19(12-14)22(33)34;1-30-9-3-2-4-18(30)16-8-7-15(28-23(26)29-22(24)25)11-14(16)6-5-13-10-17(20(31)32)19(21(33)34)27-12-13;1-29-9-3-2-4-18(29)16-8-7-15(27-23(26)28-22(24)25)11-14(16)6-5-13-10-17(20(30)31)19(21(32)33)34-12-13/h2-4,6,8,10-11,13,18-19H,9,12H2,1H3,(H7,25,26,27,29,31,32,33,34);2-4,7-9,11-12,17,19H,10H2,1H3,(H8,24,25,26,27,28,29,31,32,33,34);2-4,7-9,11-12,17,19H,10H2,1H3,(H7,24,25,26,28,30,31,32,33)/t18-,19+;2*17-,19+/m011/s1. The summed E-state index contributed by atoms with van der Waals surface area (Å²) in [5.41, 5.74) is 59.0. The van der Waals surface area contributed by atoms with Crippen molar-refractivity contribution in [2.45, 2.75) is 37.8 Å². The second kappa shape index (κ2) is 34.5. The lowest BCUT2D eigenvalue weighted by molar-refractivity contribution is -0.660. The summed E-state index contributed by atoms with van der Waals surface area (Å²) in [6, 6.07) is 31.5. The molecule has 0 saturated heterocycles. The number of aromatic nitrogens is 3. The molecule has 32 nitrogen and oxygen atoms in total. The monoisotopic (exact) mass is 1380 g/mol. The van der Waals surface area contributed by atoms with Crippen LogP contribution in [0.15, 0.2) is 178 Å². The zero-order chi connectivity index (χ0) is 74.5. The maximum atomic E-state index is 11.5. The van der Waals surface area contributed by atoms with Crippen molar-refractivity contribution in [3.63, 3.8) is 0 Å². The van der Waals surface area contributed by atoms with Gasteiger partial charge in [0.25, 0.3) is 17.9 Å². The molecular weight excluding hydrogens is 1310 g/mol. The summed E-state index contributed by atoms with van der Waals surface area (Å²) < 4.78 is 10.8. The zero-order valence-corrected chi connectivity index (χ0v) is 54.8. The van der Waals surface area contributed by atoms with E-state index in [2.05, 4.69) is 70.8 Å². The number of carbonyl (C=O) groups is 6. The maximum Gasteiger partial charge on any atom is 0.316 e. The van der Waals surface area contributed by atoms with Crippen molar-refractivity contribution in [1.82, 2.24) is 5.32 Å². The van der Waals surface area contributed by atoms with Gasteiger partial charge in [0.1, 0.15) is 44.3 Å². The Kier molecular flexibility index (Phi) is 25.4. The number of carboxylic acids is 6. The Balaban J connectivity index is 0.000000214. The number of nitrogens with zero attached hydrogens (tertiary/aromatic N) is 6. The van der Waals surface area contributed by atoms with Gasteiger partial charge in [-0.05, 0) is 104 Å². The van der Waals surface area contributed by atoms with Gasteiger partial charge >= 0.3 is 17.9 Å². The molecule has 9 rings (SSSR count). The number of ether oxygens (including phenoxy) is 1. The highest BCUT2D eigenvalue weighted by Gasteiger charge is 2.31. The van der Waals surface area contributed by atoms with Gasteiger partial charge in [0.15, 0.2) is 18.6 Å². The lowest BCUT2D eigenvalue weighted by atomic mass is 9.79. The molecule has 1 aliphatic carbocycles. The SMILES string of the molecule is C[n+]1ccccc1-c1ccc(N=C(N)[NH+]=C(N)N)cc1C#CC1=CC[C@H](C(=O)[O-])[C@H](C(=O)[O-])C1.C[n+]1ccccc1-c1ccc(N=C(N)[NH+]=C(N)N)cc1C#CC1=CN[C@H](C(=O)[O-])[C@H](C(=O)[O-])C1.C[n+]1ccccc1-c1ccc(N=C(N)[NH+]=C(N)N)cc1C#CC1=CO[C@H](C(=O)[O-])[C@H](C(=O)[O-])C1. The maximum absolute atomic E-state index is 11.5. The fraction of sp³-hybridized carbons (Fsp3) is 0.186. The molecule has 0 unspecified atom stereocenters. The molecule has 6 atom stereocenters. The summed E-state index contributed by atoms with van der Waals surface area (Å²) in [5.74, 6) is 3.34. The van der Waals surface area contributed by atoms with Crippen LogP contribution in [0.5, 0.6) is 0 Å². The second-order valence-corrected chi connectivity index (χ2v) is 22.7. The van der Waals surface area contributed by atoms with Crippen LogP contribution in [-0.4, -0.2) is 83.7 Å². The summed E-state index contributed by atoms with van der Waals surface area (Å²) in [7, 11) is 5.66. The van der Waals surface area contributed by atoms with E-state index < -0.39 is 71.6 Å². The van der Waals surface area contributed by atoms with E-state index in [1.54, 1.807) is 42.5 Å². The number of aryl methyl sites for hydroxylation is 3. The molecule has 0 spiro atoms. The molecule has 0 fully saturated rings. The molecule has 3 aromatic heterocycles. The Hall–Kier alpha value is -14.4. The number of carboxylic acid groups (broad SMARTS) is 6. The van der Waals surface area contributed by atoms with Crippen LogP contribution in [0.4, 0.5) is 17.1 Å². The number of aliphatic imine (C=N–C) groups is 3. The summed E-state index contributed by atoms with van der Waals surface area (Å²) in [6.45, 7) is 0. The normalized spacial score (nSPS) is 17.5. The summed E-state index contributed by atoms with van der Waals surface area (Å²) in [5, 5.41) is 70.4. The predicted octanol–water partition coefficient (Wildman–Crippen LogP) is -12.9. The molecule has 32 heteroatoms. The molecule has 5 heterocycles. The first-order valence-electron chi connectivity index (χ1n) is 30.5. The number of pyridine rings is 3. The Labute approximate surface area is 582 Å². The van der Waals surface area contributed by atoms with Crippen molar-refractivity contribution in [2.75, 3.05) is 0 Å². The smallest absolute Gasteiger partial charge is 0.316 e. The third kappa shape index (κ3) is 20.8. The molecule has 0 amide bonds. The highest BCUT2D eigenvalue weighted by Crippen LogP contribution is 2.32. The first-order chi connectivity index (χ1) is 48.5. The van der Waals surface area contributed by atoms with E-state index in [1.807, 2.05) is 126 Å². The first-order valence-corrected chi connectivity index (χ1v) is 30.5. The minimum absolute atomic E-state index is 0.00274. The molecule has 522 valence electrons. The van der Waals surface area contributed by atoms with E-state index in [0.29, 0.717) is 44.9 Å². The number of nitrogens with two attached hydrogens (primary N) is 9. The molecule has 0 saturated carbocycles. The van der Waals surface area contributed by atoms with Gasteiger partial charge in [0, 0.05) is 118 Å². The van der Waals surface area contributed by atoms with Crippen LogP contribution >= 0.6 is 0 Å². The molecule has 2 aliphatic heterocycles. The topological polar surface area (TPSA) is 587 Å². The molecule has 6 aromatic rings. The van der Waals surface area contributed by atoms with Crippen LogP contribution < -0.4 is 116 Å². The summed E-state index contributed by atoms with van der Waals surface area (Å²) >= 11 is 0. The van der Waals surface area contributed by atoms with Gasteiger partial charge in [-0.3, -0.25) is 0 Å². The number of allylic oxidation sites excluding steroid dienone is 4. The number of benzene rings is 3. The average Bonchev–Trinajstić information content (AvgIpc) is 0.821. The lowest BCUT2D eigenvalue weighted by Gasteiger charge is -2.32. The van der Waals surface area contributed by atoms with Gasteiger partial charge in [-0.25, -0.2) is 28.7 Å². The number of nitrogens with one attached hydrogen (secondary N) is 4. The Morgan fingerprint density at radius 1 is 0.441 bits per heavy atom. The van der Waals surface area contributed by atoms with E-state index in [4.69, 9.17) is 56.3 Å². The van der Waals surface area contributed by atoms with Crippen molar-refractivity contribution in [3.8, 4) is 69.3 Å². The van der Waals surface area contributed by atoms with E-state index in [9.17, 15) is 59.4 Å². The number of carbonyl (C=O) groups excluding carboxylic acids is 6. The zero-order valence-electron chi connectivity index (χ0n) is 54.8. The highest BCUT2D eigenvalue weighted by atomic mass is 16.5. The second-order valence-electron chi connectivity index (χ2n) is 22.7. The minimum Gasteiger partial charge on any atom is -0.550 e. The van der Waals surface area contributed by atoms with Gasteiger partial charge in [0.05, 0.1) is 40.9 Å². The summed E-state index contributed by atoms with van der Waals surface area (Å²) in [6.07, 6.45) is 7.80. The van der Waals surface area contributed by atoms with Crippen LogP contribution in [0.1, 0.15) is 42.4 Å². The van der Waals surface area contributed by atoms with Gasteiger partial charge < -0.3 is 121 Å². The number of rotatable bonds is 12. The molecule has 0 bridgehead atoms. The van der Waals surface area contributed by atoms with Crippen molar-refractivity contribution in [1.29, 1.82) is 0 Å². The Bertz CT molecular complexity index is 4320. The van der Waals surface area contributed by atoms with Crippen LogP contribution in [0, 0.1) is 59.2 Å². The van der Waals surface area contributed by atoms with Crippen LogP contribution in [-0.2, 0) is 54.6 Å². The molecule has 3 aliphatic rings. The van der Waals surface area contributed by atoms with E-state index in [-0.39, 0.29) is 67.0 Å². The fourth-order valence-corrected chi connectivity index (χ4v) is 10.5. The Morgan fingerprint density at radius 2 is 0.804 bits per heavy atom. The largest absolute Gasteiger partial charge is 0.550 e. The molecule has 102 heavy (non-hydrogen) atoms. The lowest BCUT2D eigenvalue weighted by Crippen LogP contribution is -2.84. The van der Waals surface area contributed by atoms with E-state index in [0.717, 1.165) is 40.0 Å². The third-order valence-electron chi connectivity index (χ3n) is 15.3. The quantitative estimate of drug-likeness (QED) is 0.0234. The first kappa shape index (κ1) is 75.0. The van der Waals surface area contributed by atoms with Gasteiger partial charge in [-0.15, -0.1) is 15.0 Å². The van der Waals surface area contributed by atoms with Crippen molar-refractivity contribution < 1.29 is 92.8 Å². The molecule has 22 N–H and O–H groups in total. The number of hydrogen-bond acceptors (Lipinski definition) is 17. The van der Waals surface area contributed by atoms with Crippen molar-refractivity contribution in [3.05, 3.63) is 180 Å². The average molecular weight is 1380 g/mol. The minimum atomic E-state index is -1.64. The number of hydrogen-bond donors (Lipinski definition) is 13. The number of guanidine groups is 6. The van der Waals surface area contributed by atoms with Gasteiger partial charge in [0.2, 0.25) is 17.1 Å². The number of aliphatic carboxylic acids is 6.